The molecule has 0 amide bonds. The molecule has 170 valence electrons. The fourth-order valence-corrected chi connectivity index (χ4v) is 4.12. The summed E-state index contributed by atoms with van der Waals surface area (Å²) >= 11 is 0. The number of pyridine rings is 3. The molecule has 0 radical (unpaired) electrons. The van der Waals surface area contributed by atoms with Crippen molar-refractivity contribution in [3.05, 3.63) is 104 Å². The number of halogens is 1. The van der Waals surface area contributed by atoms with Crippen molar-refractivity contribution in [2.24, 2.45) is 0 Å². The maximum atomic E-state index is 14.6. The highest BCUT2D eigenvalue weighted by Gasteiger charge is 2.14. The first kappa shape index (κ1) is 20.9. The molecule has 1 aromatic carbocycles. The zero-order valence-electron chi connectivity index (χ0n) is 18.7. The van der Waals surface area contributed by atoms with Crippen molar-refractivity contribution in [2.75, 3.05) is 0 Å². The second kappa shape index (κ2) is 8.90. The van der Waals surface area contributed by atoms with Crippen molar-refractivity contribution in [3.8, 4) is 33.5 Å². The molecule has 0 spiro atoms. The topological polar surface area (TPSA) is 74.3 Å². The second-order valence-corrected chi connectivity index (χ2v) is 8.13. The van der Waals surface area contributed by atoms with Gasteiger partial charge >= 0.3 is 0 Å². The molecular weight excluding hydrogens is 441 g/mol. The highest BCUT2D eigenvalue weighted by atomic mass is 19.1. The van der Waals surface area contributed by atoms with Crippen molar-refractivity contribution in [2.45, 2.75) is 13.1 Å². The Kier molecular flexibility index (Phi) is 5.31. The Morgan fingerprint density at radius 1 is 0.743 bits per heavy atom. The molecule has 0 aliphatic rings. The first-order chi connectivity index (χ1) is 17.2. The van der Waals surface area contributed by atoms with E-state index in [4.69, 9.17) is 0 Å². The molecule has 5 heterocycles. The minimum Gasteiger partial charge on any atom is -0.271 e. The quantitative estimate of drug-likeness (QED) is 0.338. The van der Waals surface area contributed by atoms with Gasteiger partial charge in [-0.2, -0.15) is 10.2 Å². The van der Waals surface area contributed by atoms with Crippen molar-refractivity contribution in [1.82, 2.24) is 34.5 Å². The van der Waals surface area contributed by atoms with Crippen molar-refractivity contribution >= 4 is 11.0 Å². The third-order valence-electron chi connectivity index (χ3n) is 5.87. The predicted molar refractivity (Wildman–Crippen MR) is 132 cm³/mol. The van der Waals surface area contributed by atoms with Gasteiger partial charge in [-0.15, -0.1) is 0 Å². The monoisotopic (exact) mass is 461 g/mol. The second-order valence-electron chi connectivity index (χ2n) is 8.13. The van der Waals surface area contributed by atoms with E-state index >= 15 is 0 Å². The van der Waals surface area contributed by atoms with Crippen LogP contribution in [0.3, 0.4) is 0 Å². The predicted octanol–water partition coefficient (Wildman–Crippen LogP) is 5.26. The lowest BCUT2D eigenvalue weighted by molar-refractivity contribution is 0.500. The van der Waals surface area contributed by atoms with Crippen LogP contribution in [0.25, 0.3) is 44.5 Å². The molecular formula is C27H20FN7. The summed E-state index contributed by atoms with van der Waals surface area (Å²) < 4.78 is 18.3. The lowest BCUT2D eigenvalue weighted by Gasteiger charge is -2.11. The van der Waals surface area contributed by atoms with Gasteiger partial charge in [0.25, 0.3) is 0 Å². The van der Waals surface area contributed by atoms with Crippen LogP contribution >= 0.6 is 0 Å². The molecule has 0 N–H and O–H groups in total. The highest BCUT2D eigenvalue weighted by Crippen LogP contribution is 2.33. The molecule has 0 saturated heterocycles. The standard InChI is InChI=1S/C27H20FN7/c28-25-7-2-1-5-23(25)26-14-24(22-6-3-8-30-27(22)33-26)20-13-19(15-29-16-20)21-17-32-35(18-21)12-11-34-10-4-9-31-34/h1-10,13-18H,11-12H2. The van der Waals surface area contributed by atoms with Crippen LogP contribution in [0.15, 0.2) is 98.0 Å². The van der Waals surface area contributed by atoms with E-state index in [0.29, 0.717) is 23.4 Å². The summed E-state index contributed by atoms with van der Waals surface area (Å²) in [4.78, 5) is 13.6. The van der Waals surface area contributed by atoms with Crippen LogP contribution in [0.1, 0.15) is 0 Å². The molecule has 5 aromatic heterocycles. The SMILES string of the molecule is Fc1ccccc1-c1cc(-c2cncc(-c3cnn(CCn4cccn4)c3)c2)c2cccnc2n1. The molecule has 6 aromatic rings. The highest BCUT2D eigenvalue weighted by molar-refractivity contribution is 5.95. The third kappa shape index (κ3) is 4.17. The van der Waals surface area contributed by atoms with E-state index in [1.165, 1.54) is 6.07 Å². The van der Waals surface area contributed by atoms with Crippen molar-refractivity contribution in [3.63, 3.8) is 0 Å². The molecule has 0 atom stereocenters. The van der Waals surface area contributed by atoms with Crippen LogP contribution in [-0.2, 0) is 13.1 Å². The van der Waals surface area contributed by atoms with Crippen molar-refractivity contribution < 1.29 is 4.39 Å². The van der Waals surface area contributed by atoms with E-state index in [-0.39, 0.29) is 5.82 Å². The fourth-order valence-electron chi connectivity index (χ4n) is 4.12. The van der Waals surface area contributed by atoms with Gasteiger partial charge in [-0.3, -0.25) is 14.3 Å². The van der Waals surface area contributed by atoms with E-state index in [2.05, 4.69) is 31.2 Å². The average molecular weight is 462 g/mol. The van der Waals surface area contributed by atoms with Gasteiger partial charge in [-0.1, -0.05) is 12.1 Å². The van der Waals surface area contributed by atoms with Crippen LogP contribution in [-0.4, -0.2) is 34.5 Å². The van der Waals surface area contributed by atoms with Gasteiger partial charge in [0.05, 0.1) is 25.0 Å². The molecule has 0 saturated carbocycles. The van der Waals surface area contributed by atoms with Crippen LogP contribution in [0, 0.1) is 5.82 Å². The lowest BCUT2D eigenvalue weighted by Crippen LogP contribution is -2.07. The van der Waals surface area contributed by atoms with E-state index in [1.54, 1.807) is 36.8 Å². The largest absolute Gasteiger partial charge is 0.271 e. The summed E-state index contributed by atoms with van der Waals surface area (Å²) in [6.07, 6.45) is 12.8. The van der Waals surface area contributed by atoms with E-state index in [9.17, 15) is 4.39 Å². The number of aryl methyl sites for hydroxylation is 2. The molecule has 7 nitrogen and oxygen atoms in total. The van der Waals surface area contributed by atoms with Gasteiger partial charge in [0.2, 0.25) is 0 Å². The number of benzene rings is 1. The van der Waals surface area contributed by atoms with Gasteiger partial charge in [0.1, 0.15) is 5.82 Å². The Balaban J connectivity index is 1.38. The van der Waals surface area contributed by atoms with Crippen LogP contribution in [0.2, 0.25) is 0 Å². The summed E-state index contributed by atoms with van der Waals surface area (Å²) in [5, 5.41) is 9.60. The maximum Gasteiger partial charge on any atom is 0.160 e. The molecule has 0 fully saturated rings. The molecule has 6 rings (SSSR count). The zero-order valence-corrected chi connectivity index (χ0v) is 18.7. The Morgan fingerprint density at radius 2 is 1.63 bits per heavy atom. The molecule has 0 unspecified atom stereocenters. The van der Waals surface area contributed by atoms with Crippen LogP contribution < -0.4 is 0 Å². The number of hydrogen-bond acceptors (Lipinski definition) is 5. The van der Waals surface area contributed by atoms with Gasteiger partial charge in [0, 0.05) is 64.8 Å². The summed E-state index contributed by atoms with van der Waals surface area (Å²) in [6, 6.07) is 16.3. The number of fused-ring (bicyclic) bond motifs is 1. The fraction of sp³-hybridized carbons (Fsp3) is 0.0741. The molecule has 35 heavy (non-hydrogen) atoms. The summed E-state index contributed by atoms with van der Waals surface area (Å²) in [5.41, 5.74) is 5.21. The van der Waals surface area contributed by atoms with Crippen LogP contribution in [0.4, 0.5) is 4.39 Å². The maximum absolute atomic E-state index is 14.6. The third-order valence-corrected chi connectivity index (χ3v) is 5.87. The van der Waals surface area contributed by atoms with Gasteiger partial charge in [-0.05, 0) is 48.0 Å². The van der Waals surface area contributed by atoms with E-state index < -0.39 is 0 Å². The smallest absolute Gasteiger partial charge is 0.160 e. The molecule has 0 aliphatic heterocycles. The van der Waals surface area contributed by atoms with Crippen LogP contribution in [0.5, 0.6) is 0 Å². The average Bonchev–Trinajstić information content (AvgIpc) is 3.60. The summed E-state index contributed by atoms with van der Waals surface area (Å²) in [7, 11) is 0. The normalized spacial score (nSPS) is 11.2. The first-order valence-electron chi connectivity index (χ1n) is 11.2. The molecule has 0 aliphatic carbocycles. The van der Waals surface area contributed by atoms with Gasteiger partial charge in [0.15, 0.2) is 5.65 Å². The molecule has 0 bridgehead atoms. The van der Waals surface area contributed by atoms with Crippen molar-refractivity contribution in [1.29, 1.82) is 0 Å². The lowest BCUT2D eigenvalue weighted by atomic mass is 9.99. The van der Waals surface area contributed by atoms with E-state index in [0.717, 1.165) is 34.2 Å². The minimum atomic E-state index is -0.323. The summed E-state index contributed by atoms with van der Waals surface area (Å²) in [5.74, 6) is -0.323. The number of hydrogen-bond donors (Lipinski definition) is 0. The summed E-state index contributed by atoms with van der Waals surface area (Å²) in [6.45, 7) is 1.45. The van der Waals surface area contributed by atoms with Gasteiger partial charge < -0.3 is 0 Å². The first-order valence-corrected chi connectivity index (χ1v) is 11.2. The van der Waals surface area contributed by atoms with E-state index in [1.807, 2.05) is 58.4 Å². The zero-order chi connectivity index (χ0) is 23.6. The number of aromatic nitrogens is 7. The minimum absolute atomic E-state index is 0.323. The Hall–Kier alpha value is -4.72. The number of rotatable bonds is 6. The Labute approximate surface area is 200 Å². The number of nitrogens with zero attached hydrogens (tertiary/aromatic N) is 7. The van der Waals surface area contributed by atoms with Gasteiger partial charge in [-0.25, -0.2) is 14.4 Å². The Bertz CT molecular complexity index is 1620. The Morgan fingerprint density at radius 3 is 2.51 bits per heavy atom. The molecule has 8 heteroatoms.